The van der Waals surface area contributed by atoms with E-state index < -0.39 is 0 Å². The van der Waals surface area contributed by atoms with Crippen molar-refractivity contribution < 1.29 is 0 Å². The first kappa shape index (κ1) is 25.1. The number of anilines is 2. The molecule has 0 unspecified atom stereocenters. The fraction of sp³-hybridized carbons (Fsp3) is 0. The minimum atomic E-state index is 0.672. The van der Waals surface area contributed by atoms with Crippen LogP contribution in [0.2, 0.25) is 0 Å². The smallest absolute Gasteiger partial charge is 0.174 e. The van der Waals surface area contributed by atoms with Gasteiger partial charge in [0.15, 0.2) is 11.7 Å². The molecule has 2 aliphatic heterocycles. The van der Waals surface area contributed by atoms with Gasteiger partial charge in [0.05, 0.1) is 11.4 Å². The average molecular weight is 587 g/mol. The molecule has 2 aliphatic rings. The maximum Gasteiger partial charge on any atom is 0.174 e. The van der Waals surface area contributed by atoms with Crippen LogP contribution in [0.1, 0.15) is 0 Å². The van der Waals surface area contributed by atoms with Crippen LogP contribution in [0.5, 0.6) is 0 Å². The van der Waals surface area contributed by atoms with Crippen LogP contribution in [-0.2, 0) is 0 Å². The van der Waals surface area contributed by atoms with Crippen molar-refractivity contribution in [2.75, 3.05) is 10.6 Å². The van der Waals surface area contributed by atoms with Gasteiger partial charge in [-0.05, 0) is 67.4 Å². The lowest BCUT2D eigenvalue weighted by Crippen LogP contribution is -2.29. The van der Waals surface area contributed by atoms with Crippen molar-refractivity contribution in [1.29, 1.82) is 0 Å². The van der Waals surface area contributed by atoms with Crippen molar-refractivity contribution in [3.63, 3.8) is 0 Å². The Kier molecular flexibility index (Phi) is 5.25. The largest absolute Gasteiger partial charge is 0.337 e. The van der Waals surface area contributed by atoms with Gasteiger partial charge in [-0.2, -0.15) is 0 Å². The molecule has 46 heavy (non-hydrogen) atoms. The Bertz CT molecular complexity index is 2460. The van der Waals surface area contributed by atoms with Gasteiger partial charge in [-0.25, -0.2) is 9.98 Å². The summed E-state index contributed by atoms with van der Waals surface area (Å²) in [5.74, 6) is 1.34. The highest BCUT2D eigenvalue weighted by atomic mass is 15.1. The summed E-state index contributed by atoms with van der Waals surface area (Å²) in [6.45, 7) is 0. The molecule has 4 heteroatoms. The highest BCUT2D eigenvalue weighted by Gasteiger charge is 2.27. The third-order valence-electron chi connectivity index (χ3n) is 9.37. The van der Waals surface area contributed by atoms with E-state index in [1.807, 2.05) is 0 Å². The molecule has 10 rings (SSSR count). The molecule has 8 aromatic carbocycles. The predicted molar refractivity (Wildman–Crippen MR) is 195 cm³/mol. The van der Waals surface area contributed by atoms with Gasteiger partial charge in [0, 0.05) is 33.6 Å². The van der Waals surface area contributed by atoms with Gasteiger partial charge >= 0.3 is 0 Å². The first-order valence-corrected chi connectivity index (χ1v) is 15.6. The molecular weight excluding hydrogens is 560 g/mol. The summed E-state index contributed by atoms with van der Waals surface area (Å²) in [5, 5.41) is 17.0. The zero-order valence-electron chi connectivity index (χ0n) is 24.8. The van der Waals surface area contributed by atoms with E-state index in [4.69, 9.17) is 9.98 Å². The topological polar surface area (TPSA) is 48.8 Å². The summed E-state index contributed by atoms with van der Waals surface area (Å²) >= 11 is 0. The van der Waals surface area contributed by atoms with Crippen molar-refractivity contribution in [3.8, 4) is 22.3 Å². The number of nitrogens with one attached hydrogen (secondary N) is 2. The lowest BCUT2D eigenvalue weighted by atomic mass is 9.91. The van der Waals surface area contributed by atoms with E-state index in [9.17, 15) is 0 Å². The molecule has 0 saturated heterocycles. The molecular formula is C42H26N4. The number of hydrogen-bond acceptors (Lipinski definition) is 4. The number of nitrogens with zero attached hydrogens (tertiary/aromatic N) is 2. The van der Waals surface area contributed by atoms with Gasteiger partial charge in [0.25, 0.3) is 0 Å². The molecule has 2 N–H and O–H groups in total. The summed E-state index contributed by atoms with van der Waals surface area (Å²) in [4.78, 5) is 10.7. The Morgan fingerprint density at radius 3 is 1.02 bits per heavy atom. The van der Waals surface area contributed by atoms with Crippen molar-refractivity contribution >= 4 is 77.5 Å². The fourth-order valence-electron chi connectivity index (χ4n) is 7.30. The number of hydrogen-bond donors (Lipinski definition) is 2. The van der Waals surface area contributed by atoms with Crippen molar-refractivity contribution in [2.24, 2.45) is 9.98 Å². The summed E-state index contributed by atoms with van der Waals surface area (Å²) < 4.78 is 0. The minimum absolute atomic E-state index is 0.672. The number of amidine groups is 2. The molecule has 0 atom stereocenters. The first-order valence-electron chi connectivity index (χ1n) is 15.6. The number of benzene rings is 8. The van der Waals surface area contributed by atoms with Crippen LogP contribution in [-0.4, -0.2) is 11.7 Å². The molecule has 0 fully saturated rings. The van der Waals surface area contributed by atoms with Gasteiger partial charge < -0.3 is 10.6 Å². The Morgan fingerprint density at radius 2 is 0.630 bits per heavy atom. The van der Waals surface area contributed by atoms with Crippen LogP contribution in [0.15, 0.2) is 156 Å². The molecule has 2 heterocycles. The Balaban J connectivity index is 1.27. The Hall–Kier alpha value is -6.26. The van der Waals surface area contributed by atoms with Crippen LogP contribution in [0.3, 0.4) is 0 Å². The van der Waals surface area contributed by atoms with Crippen molar-refractivity contribution in [1.82, 2.24) is 0 Å². The highest BCUT2D eigenvalue weighted by Crippen LogP contribution is 2.48. The van der Waals surface area contributed by atoms with E-state index in [2.05, 4.69) is 156 Å². The zero-order valence-corrected chi connectivity index (χ0v) is 24.8. The summed E-state index contributed by atoms with van der Waals surface area (Å²) in [6.07, 6.45) is 0. The van der Waals surface area contributed by atoms with Gasteiger partial charge in [0.2, 0.25) is 0 Å². The molecule has 0 saturated carbocycles. The Labute approximate surface area is 265 Å². The van der Waals surface area contributed by atoms with Crippen LogP contribution >= 0.6 is 0 Å². The SMILES string of the molecule is c1ccc2c3c(ccc2c1)N=C(C1=Nc2ccc4ccccc4c2-c2c(ccc4ccccc24)N1)Nc1ccc2ccccc2c1-3. The van der Waals surface area contributed by atoms with Gasteiger partial charge in [-0.15, -0.1) is 0 Å². The predicted octanol–water partition coefficient (Wildman–Crippen LogP) is 11.2. The number of aliphatic imine (C=N–C) groups is 2. The molecule has 0 aliphatic carbocycles. The highest BCUT2D eigenvalue weighted by molar-refractivity contribution is 6.51. The second-order valence-corrected chi connectivity index (χ2v) is 12.0. The van der Waals surface area contributed by atoms with Gasteiger partial charge in [-0.3, -0.25) is 0 Å². The molecule has 0 aromatic heterocycles. The van der Waals surface area contributed by atoms with E-state index in [1.165, 1.54) is 43.1 Å². The molecule has 8 aromatic rings. The third-order valence-corrected chi connectivity index (χ3v) is 9.37. The van der Waals surface area contributed by atoms with E-state index in [-0.39, 0.29) is 0 Å². The van der Waals surface area contributed by atoms with Gasteiger partial charge in [-0.1, -0.05) is 121 Å². The number of fused-ring (bicyclic) bond motifs is 14. The Morgan fingerprint density at radius 1 is 0.304 bits per heavy atom. The second-order valence-electron chi connectivity index (χ2n) is 12.0. The maximum atomic E-state index is 5.36. The molecule has 4 nitrogen and oxygen atoms in total. The third kappa shape index (κ3) is 3.67. The molecule has 0 amide bonds. The fourth-order valence-corrected chi connectivity index (χ4v) is 7.30. The van der Waals surface area contributed by atoms with Crippen LogP contribution in [0.4, 0.5) is 22.7 Å². The van der Waals surface area contributed by atoms with Crippen molar-refractivity contribution in [2.45, 2.75) is 0 Å². The normalized spacial score (nSPS) is 13.4. The van der Waals surface area contributed by atoms with Crippen molar-refractivity contribution in [3.05, 3.63) is 146 Å². The zero-order chi connectivity index (χ0) is 30.2. The molecule has 0 spiro atoms. The standard InChI is InChI=1S/C42H26N4/c1-5-13-29-25(9-1)17-21-33-37(29)38-30-14-6-2-10-26(30)18-22-34(38)44-41(43-33)42-45-35-23-19-27-11-3-7-15-31(27)39(35)40-32-16-8-4-12-28(32)20-24-36(40)46-42/h1-24H,(H,43,44)(H,45,46). The number of rotatable bonds is 1. The maximum absolute atomic E-state index is 5.36. The monoisotopic (exact) mass is 586 g/mol. The molecule has 0 radical (unpaired) electrons. The minimum Gasteiger partial charge on any atom is -0.337 e. The van der Waals surface area contributed by atoms with Crippen LogP contribution in [0.25, 0.3) is 65.3 Å². The van der Waals surface area contributed by atoms with E-state index >= 15 is 0 Å². The molecule has 214 valence electrons. The van der Waals surface area contributed by atoms with Crippen LogP contribution in [0, 0.1) is 0 Å². The van der Waals surface area contributed by atoms with Gasteiger partial charge in [0.1, 0.15) is 0 Å². The van der Waals surface area contributed by atoms with E-state index in [0.717, 1.165) is 45.0 Å². The van der Waals surface area contributed by atoms with Crippen LogP contribution < -0.4 is 10.6 Å². The second kappa shape index (κ2) is 9.62. The average Bonchev–Trinajstić information content (AvgIpc) is 3.40. The molecule has 0 bridgehead atoms. The summed E-state index contributed by atoms with van der Waals surface area (Å²) in [7, 11) is 0. The summed E-state index contributed by atoms with van der Waals surface area (Å²) in [6, 6.07) is 51.6. The first-order chi connectivity index (χ1) is 22.8. The quantitative estimate of drug-likeness (QED) is 0.201. The van der Waals surface area contributed by atoms with E-state index in [1.54, 1.807) is 0 Å². The summed E-state index contributed by atoms with van der Waals surface area (Å²) in [5.41, 5.74) is 8.35. The lowest BCUT2D eigenvalue weighted by molar-refractivity contribution is 1.51. The van der Waals surface area contributed by atoms with E-state index in [0.29, 0.717) is 11.7 Å². The lowest BCUT2D eigenvalue weighted by Gasteiger charge is -2.17.